The third-order valence-electron chi connectivity index (χ3n) is 2.82. The number of benzene rings is 1. The molecule has 1 unspecified atom stereocenters. The van der Waals surface area contributed by atoms with E-state index in [1.54, 1.807) is 4.68 Å². The normalized spacial score (nSPS) is 12.4. The van der Waals surface area contributed by atoms with Crippen LogP contribution in [0.15, 0.2) is 24.5 Å². The van der Waals surface area contributed by atoms with Crippen molar-refractivity contribution in [3.63, 3.8) is 0 Å². The van der Waals surface area contributed by atoms with Crippen LogP contribution in [0, 0.1) is 6.92 Å². The highest BCUT2D eigenvalue weighted by Gasteiger charge is 2.09. The lowest BCUT2D eigenvalue weighted by atomic mass is 10.1. The zero-order chi connectivity index (χ0) is 13.1. The van der Waals surface area contributed by atoms with Gasteiger partial charge in [-0.2, -0.15) is 5.10 Å². The topological polar surface area (TPSA) is 66.0 Å². The van der Waals surface area contributed by atoms with E-state index < -0.39 is 0 Å². The van der Waals surface area contributed by atoms with Crippen LogP contribution in [-0.2, 0) is 13.7 Å². The van der Waals surface area contributed by atoms with Crippen LogP contribution in [0.3, 0.4) is 0 Å². The molecule has 0 aliphatic carbocycles. The average Bonchev–Trinajstić information content (AvgIpc) is 2.72. The Morgan fingerprint density at radius 3 is 2.83 bits per heavy atom. The summed E-state index contributed by atoms with van der Waals surface area (Å²) in [6, 6.07) is 5.98. The van der Waals surface area contributed by atoms with E-state index in [1.807, 2.05) is 39.1 Å². The second kappa shape index (κ2) is 5.18. The smallest absolute Gasteiger partial charge is 0.164 e. The lowest BCUT2D eigenvalue weighted by molar-refractivity contribution is 0.285. The molecule has 0 bridgehead atoms. The molecule has 0 aliphatic rings. The summed E-state index contributed by atoms with van der Waals surface area (Å²) in [5, 5.41) is 4.00. The Morgan fingerprint density at radius 1 is 1.44 bits per heavy atom. The van der Waals surface area contributed by atoms with E-state index in [1.165, 1.54) is 6.33 Å². The van der Waals surface area contributed by atoms with E-state index in [0.717, 1.165) is 22.7 Å². The molecule has 0 aliphatic heterocycles. The Balaban J connectivity index is 2.18. The van der Waals surface area contributed by atoms with E-state index in [-0.39, 0.29) is 6.04 Å². The minimum absolute atomic E-state index is 0.0555. The van der Waals surface area contributed by atoms with E-state index in [4.69, 9.17) is 10.5 Å². The predicted molar refractivity (Wildman–Crippen MR) is 69.1 cm³/mol. The van der Waals surface area contributed by atoms with Crippen molar-refractivity contribution in [2.75, 3.05) is 0 Å². The number of aromatic nitrogens is 3. The maximum atomic E-state index is 5.93. The Kier molecular flexibility index (Phi) is 3.62. The molecule has 0 amide bonds. The first-order chi connectivity index (χ1) is 8.58. The van der Waals surface area contributed by atoms with Gasteiger partial charge in [-0.3, -0.25) is 4.68 Å². The molecule has 1 heterocycles. The molecule has 0 radical (unpaired) electrons. The van der Waals surface area contributed by atoms with Crippen molar-refractivity contribution in [3.8, 4) is 5.75 Å². The molecule has 96 valence electrons. The summed E-state index contributed by atoms with van der Waals surface area (Å²) in [4.78, 5) is 4.12. The summed E-state index contributed by atoms with van der Waals surface area (Å²) in [5.74, 6) is 1.60. The third-order valence-corrected chi connectivity index (χ3v) is 2.82. The number of nitrogens with two attached hydrogens (primary N) is 1. The monoisotopic (exact) mass is 246 g/mol. The largest absolute Gasteiger partial charge is 0.485 e. The van der Waals surface area contributed by atoms with Crippen molar-refractivity contribution in [2.45, 2.75) is 26.5 Å². The molecular weight excluding hydrogens is 228 g/mol. The lowest BCUT2D eigenvalue weighted by Gasteiger charge is -2.14. The van der Waals surface area contributed by atoms with Crippen molar-refractivity contribution in [2.24, 2.45) is 12.8 Å². The highest BCUT2D eigenvalue weighted by molar-refractivity contribution is 5.38. The first kappa shape index (κ1) is 12.6. The average molecular weight is 246 g/mol. The van der Waals surface area contributed by atoms with E-state index in [9.17, 15) is 0 Å². The van der Waals surface area contributed by atoms with Gasteiger partial charge < -0.3 is 10.5 Å². The van der Waals surface area contributed by atoms with Crippen molar-refractivity contribution in [3.05, 3.63) is 41.5 Å². The molecule has 1 aromatic heterocycles. The maximum absolute atomic E-state index is 5.93. The molecule has 2 rings (SSSR count). The van der Waals surface area contributed by atoms with Gasteiger partial charge in [0.25, 0.3) is 0 Å². The number of hydrogen-bond acceptors (Lipinski definition) is 4. The van der Waals surface area contributed by atoms with Crippen LogP contribution in [0.4, 0.5) is 0 Å². The highest BCUT2D eigenvalue weighted by Crippen LogP contribution is 2.25. The Morgan fingerprint density at radius 2 is 2.22 bits per heavy atom. The highest BCUT2D eigenvalue weighted by atomic mass is 16.5. The van der Waals surface area contributed by atoms with Crippen LogP contribution in [0.25, 0.3) is 0 Å². The van der Waals surface area contributed by atoms with Gasteiger partial charge in [-0.25, -0.2) is 4.98 Å². The number of ether oxygens (including phenoxy) is 1. The molecule has 1 aromatic carbocycles. The molecule has 5 nitrogen and oxygen atoms in total. The second-order valence-corrected chi connectivity index (χ2v) is 4.42. The Bertz CT molecular complexity index is 534. The molecule has 2 N–H and O–H groups in total. The van der Waals surface area contributed by atoms with Crippen LogP contribution < -0.4 is 10.5 Å². The van der Waals surface area contributed by atoms with Gasteiger partial charge >= 0.3 is 0 Å². The molecular formula is C13H18N4O. The summed E-state index contributed by atoms with van der Waals surface area (Å²) in [5.41, 5.74) is 8.08. The fourth-order valence-corrected chi connectivity index (χ4v) is 1.74. The molecule has 0 saturated heterocycles. The summed E-state index contributed by atoms with van der Waals surface area (Å²) in [7, 11) is 1.84. The van der Waals surface area contributed by atoms with Crippen molar-refractivity contribution < 1.29 is 4.74 Å². The zero-order valence-electron chi connectivity index (χ0n) is 10.9. The van der Waals surface area contributed by atoms with Crippen LogP contribution in [-0.4, -0.2) is 14.8 Å². The quantitative estimate of drug-likeness (QED) is 0.892. The van der Waals surface area contributed by atoms with Gasteiger partial charge in [0.1, 0.15) is 18.7 Å². The minimum Gasteiger partial charge on any atom is -0.485 e. The van der Waals surface area contributed by atoms with E-state index in [0.29, 0.717) is 6.61 Å². The van der Waals surface area contributed by atoms with Crippen LogP contribution >= 0.6 is 0 Å². The van der Waals surface area contributed by atoms with E-state index in [2.05, 4.69) is 10.1 Å². The first-order valence-corrected chi connectivity index (χ1v) is 5.89. The molecule has 2 aromatic rings. The fraction of sp³-hybridized carbons (Fsp3) is 0.385. The molecule has 18 heavy (non-hydrogen) atoms. The zero-order valence-corrected chi connectivity index (χ0v) is 10.9. The molecule has 1 atom stereocenters. The van der Waals surface area contributed by atoms with Gasteiger partial charge in [-0.15, -0.1) is 0 Å². The SMILES string of the molecule is Cc1ccc(C(C)N)c(OCc2ncnn2C)c1. The van der Waals surface area contributed by atoms with Crippen LogP contribution in [0.1, 0.15) is 29.9 Å². The van der Waals surface area contributed by atoms with Crippen LogP contribution in [0.5, 0.6) is 5.75 Å². The number of hydrogen-bond donors (Lipinski definition) is 1. The molecule has 0 fully saturated rings. The predicted octanol–water partition coefficient (Wildman–Crippen LogP) is 1.72. The minimum atomic E-state index is -0.0555. The maximum Gasteiger partial charge on any atom is 0.164 e. The molecule has 0 spiro atoms. The van der Waals surface area contributed by atoms with Crippen molar-refractivity contribution in [1.82, 2.24) is 14.8 Å². The number of nitrogens with zero attached hydrogens (tertiary/aromatic N) is 3. The number of aryl methyl sites for hydroxylation is 2. The van der Waals surface area contributed by atoms with Gasteiger partial charge in [0.15, 0.2) is 5.82 Å². The summed E-state index contributed by atoms with van der Waals surface area (Å²) in [6.45, 7) is 4.36. The van der Waals surface area contributed by atoms with Crippen LogP contribution in [0.2, 0.25) is 0 Å². The summed E-state index contributed by atoms with van der Waals surface area (Å²) >= 11 is 0. The van der Waals surface area contributed by atoms with Gasteiger partial charge in [-0.05, 0) is 25.5 Å². The first-order valence-electron chi connectivity index (χ1n) is 5.89. The third kappa shape index (κ3) is 2.68. The van der Waals surface area contributed by atoms with Crippen molar-refractivity contribution in [1.29, 1.82) is 0 Å². The van der Waals surface area contributed by atoms with E-state index >= 15 is 0 Å². The fourth-order valence-electron chi connectivity index (χ4n) is 1.74. The Labute approximate surface area is 107 Å². The molecule has 0 saturated carbocycles. The van der Waals surface area contributed by atoms with Crippen molar-refractivity contribution >= 4 is 0 Å². The Hall–Kier alpha value is -1.88. The number of rotatable bonds is 4. The molecule has 5 heteroatoms. The summed E-state index contributed by atoms with van der Waals surface area (Å²) < 4.78 is 7.50. The van der Waals surface area contributed by atoms with Gasteiger partial charge in [0.2, 0.25) is 0 Å². The van der Waals surface area contributed by atoms with Gasteiger partial charge in [0, 0.05) is 18.7 Å². The summed E-state index contributed by atoms with van der Waals surface area (Å²) in [6.07, 6.45) is 1.52. The lowest BCUT2D eigenvalue weighted by Crippen LogP contribution is -2.10. The second-order valence-electron chi connectivity index (χ2n) is 4.42. The van der Waals surface area contributed by atoms with Gasteiger partial charge in [-0.1, -0.05) is 12.1 Å². The van der Waals surface area contributed by atoms with Gasteiger partial charge in [0.05, 0.1) is 0 Å². The standard InChI is InChI=1S/C13H18N4O/c1-9-4-5-11(10(2)14)12(6-9)18-7-13-15-8-16-17(13)3/h4-6,8,10H,7,14H2,1-3H3.